The van der Waals surface area contributed by atoms with Gasteiger partial charge in [-0.3, -0.25) is 0 Å². The second-order valence-electron chi connectivity index (χ2n) is 4.07. The summed E-state index contributed by atoms with van der Waals surface area (Å²) in [7, 11) is 0. The van der Waals surface area contributed by atoms with E-state index in [0.29, 0.717) is 5.92 Å². The van der Waals surface area contributed by atoms with Gasteiger partial charge in [0.05, 0.1) is 6.10 Å². The smallest absolute Gasteiger partial charge is 0.0801 e. The van der Waals surface area contributed by atoms with Crippen LogP contribution in [0.5, 0.6) is 0 Å². The van der Waals surface area contributed by atoms with Crippen molar-refractivity contribution in [2.75, 3.05) is 0 Å². The van der Waals surface area contributed by atoms with Gasteiger partial charge in [0.25, 0.3) is 0 Å². The molecule has 1 saturated carbocycles. The number of hydrogen-bond acceptors (Lipinski definition) is 1. The van der Waals surface area contributed by atoms with E-state index in [1.165, 1.54) is 0 Å². The van der Waals surface area contributed by atoms with E-state index in [9.17, 15) is 5.11 Å². The number of hydrogen-bond donors (Lipinski definition) is 1. The highest BCUT2D eigenvalue weighted by Gasteiger charge is 2.39. The second kappa shape index (κ2) is 2.09. The lowest BCUT2D eigenvalue weighted by molar-refractivity contribution is 0.104. The molecule has 58 valence electrons. The Labute approximate surface area is 62.8 Å². The molecule has 0 unspecified atom stereocenters. The van der Waals surface area contributed by atoms with Gasteiger partial charge in [-0.15, -0.1) is 0 Å². The highest BCUT2D eigenvalue weighted by molar-refractivity contribution is 5.17. The molecule has 0 bridgehead atoms. The third-order valence-electron chi connectivity index (χ3n) is 2.56. The fraction of sp³-hybridized carbons (Fsp3) is 0.778. The first-order chi connectivity index (χ1) is 4.45. The summed E-state index contributed by atoms with van der Waals surface area (Å²) in [4.78, 5) is 0. The van der Waals surface area contributed by atoms with E-state index in [4.69, 9.17) is 0 Å². The fourth-order valence-electron chi connectivity index (χ4n) is 1.80. The van der Waals surface area contributed by atoms with Crippen LogP contribution in [0.25, 0.3) is 0 Å². The molecule has 0 aromatic heterocycles. The Hall–Kier alpha value is -0.300. The lowest BCUT2D eigenvalue weighted by Crippen LogP contribution is -2.22. The summed E-state index contributed by atoms with van der Waals surface area (Å²) in [5, 5.41) is 9.60. The SMILES string of the molecule is C=C1[C@@H](O)C(C)(C)C[C@@H]1C. The largest absolute Gasteiger partial charge is 0.388 e. The molecule has 1 aliphatic rings. The van der Waals surface area contributed by atoms with Crippen LogP contribution < -0.4 is 0 Å². The van der Waals surface area contributed by atoms with E-state index in [2.05, 4.69) is 27.4 Å². The van der Waals surface area contributed by atoms with E-state index < -0.39 is 0 Å². The Morgan fingerprint density at radius 1 is 1.60 bits per heavy atom. The maximum Gasteiger partial charge on any atom is 0.0801 e. The first-order valence-corrected chi connectivity index (χ1v) is 3.82. The van der Waals surface area contributed by atoms with Crippen LogP contribution in [0.3, 0.4) is 0 Å². The van der Waals surface area contributed by atoms with E-state index in [0.717, 1.165) is 12.0 Å². The Kier molecular flexibility index (Phi) is 1.63. The third-order valence-corrected chi connectivity index (χ3v) is 2.56. The van der Waals surface area contributed by atoms with Crippen LogP contribution in [0.2, 0.25) is 0 Å². The van der Waals surface area contributed by atoms with Crippen molar-refractivity contribution in [2.45, 2.75) is 33.3 Å². The zero-order valence-electron chi connectivity index (χ0n) is 7.02. The molecule has 10 heavy (non-hydrogen) atoms. The minimum absolute atomic E-state index is 0.0521. The Balaban J connectivity index is 2.81. The predicted molar refractivity (Wildman–Crippen MR) is 42.7 cm³/mol. The van der Waals surface area contributed by atoms with Crippen molar-refractivity contribution in [1.29, 1.82) is 0 Å². The molecular formula is C9H16O. The Morgan fingerprint density at radius 3 is 2.20 bits per heavy atom. The molecular weight excluding hydrogens is 124 g/mol. The molecule has 0 spiro atoms. The van der Waals surface area contributed by atoms with Gasteiger partial charge in [-0.1, -0.05) is 27.4 Å². The second-order valence-corrected chi connectivity index (χ2v) is 4.07. The van der Waals surface area contributed by atoms with Gasteiger partial charge < -0.3 is 5.11 Å². The van der Waals surface area contributed by atoms with E-state index in [-0.39, 0.29) is 11.5 Å². The molecule has 1 rings (SSSR count). The normalized spacial score (nSPS) is 38.6. The molecule has 1 nitrogen and oxygen atoms in total. The third kappa shape index (κ3) is 0.988. The van der Waals surface area contributed by atoms with Crippen molar-refractivity contribution in [2.24, 2.45) is 11.3 Å². The van der Waals surface area contributed by atoms with Gasteiger partial charge in [0.2, 0.25) is 0 Å². The summed E-state index contributed by atoms with van der Waals surface area (Å²) in [6.07, 6.45) is 0.773. The van der Waals surface area contributed by atoms with E-state index in [1.807, 2.05) is 0 Å². The van der Waals surface area contributed by atoms with Crippen molar-refractivity contribution >= 4 is 0 Å². The number of aliphatic hydroxyl groups excluding tert-OH is 1. The van der Waals surface area contributed by atoms with Gasteiger partial charge in [-0.05, 0) is 23.3 Å². The molecule has 2 atom stereocenters. The van der Waals surface area contributed by atoms with Crippen LogP contribution >= 0.6 is 0 Å². The topological polar surface area (TPSA) is 20.2 Å². The molecule has 0 aromatic rings. The van der Waals surface area contributed by atoms with Gasteiger partial charge in [-0.25, -0.2) is 0 Å². The Bertz CT molecular complexity index is 158. The first-order valence-electron chi connectivity index (χ1n) is 3.82. The van der Waals surface area contributed by atoms with Crippen molar-refractivity contribution in [1.82, 2.24) is 0 Å². The van der Waals surface area contributed by atoms with E-state index >= 15 is 0 Å². The van der Waals surface area contributed by atoms with Crippen LogP contribution in [-0.2, 0) is 0 Å². The van der Waals surface area contributed by atoms with Gasteiger partial charge >= 0.3 is 0 Å². The Morgan fingerprint density at radius 2 is 2.10 bits per heavy atom. The molecule has 0 radical (unpaired) electrons. The maximum absolute atomic E-state index is 9.60. The average Bonchev–Trinajstić information content (AvgIpc) is 1.95. The van der Waals surface area contributed by atoms with Crippen LogP contribution in [0.4, 0.5) is 0 Å². The van der Waals surface area contributed by atoms with Gasteiger partial charge in [0, 0.05) is 0 Å². The van der Waals surface area contributed by atoms with Crippen LogP contribution in [0.15, 0.2) is 12.2 Å². The van der Waals surface area contributed by atoms with Crippen LogP contribution in [0.1, 0.15) is 27.2 Å². The van der Waals surface area contributed by atoms with Crippen molar-refractivity contribution < 1.29 is 5.11 Å². The van der Waals surface area contributed by atoms with Crippen molar-refractivity contribution in [3.63, 3.8) is 0 Å². The molecule has 1 heteroatoms. The fourth-order valence-corrected chi connectivity index (χ4v) is 1.80. The van der Waals surface area contributed by atoms with Gasteiger partial charge in [-0.2, -0.15) is 0 Å². The van der Waals surface area contributed by atoms with Gasteiger partial charge in [0.1, 0.15) is 0 Å². The van der Waals surface area contributed by atoms with Crippen molar-refractivity contribution in [3.05, 3.63) is 12.2 Å². The summed E-state index contributed by atoms with van der Waals surface area (Å²) in [5.41, 5.74) is 1.06. The molecule has 1 fully saturated rings. The highest BCUT2D eigenvalue weighted by Crippen LogP contribution is 2.43. The minimum atomic E-state index is -0.289. The molecule has 0 amide bonds. The molecule has 1 aliphatic carbocycles. The minimum Gasteiger partial charge on any atom is -0.388 e. The monoisotopic (exact) mass is 140 g/mol. The lowest BCUT2D eigenvalue weighted by atomic mass is 9.88. The summed E-state index contributed by atoms with van der Waals surface area (Å²) in [5.74, 6) is 0.491. The number of rotatable bonds is 0. The van der Waals surface area contributed by atoms with Crippen LogP contribution in [-0.4, -0.2) is 11.2 Å². The standard InChI is InChI=1S/C9H16O/c1-6-5-9(3,4)8(10)7(6)2/h6,8,10H,2,5H2,1,3-4H3/t6-,8+/m0/s1. The van der Waals surface area contributed by atoms with E-state index in [1.54, 1.807) is 0 Å². The molecule has 0 aliphatic heterocycles. The lowest BCUT2D eigenvalue weighted by Gasteiger charge is -2.21. The maximum atomic E-state index is 9.60. The zero-order chi connectivity index (χ0) is 7.94. The molecule has 1 N–H and O–H groups in total. The average molecular weight is 140 g/mol. The predicted octanol–water partition coefficient (Wildman–Crippen LogP) is 1.97. The quantitative estimate of drug-likeness (QED) is 0.510. The first kappa shape index (κ1) is 7.80. The summed E-state index contributed by atoms with van der Waals surface area (Å²) in [6.45, 7) is 10.2. The molecule has 0 heterocycles. The summed E-state index contributed by atoms with van der Waals surface area (Å²) < 4.78 is 0. The van der Waals surface area contributed by atoms with Crippen LogP contribution in [0, 0.1) is 11.3 Å². The summed E-state index contributed by atoms with van der Waals surface area (Å²) in [6, 6.07) is 0. The zero-order valence-corrected chi connectivity index (χ0v) is 7.02. The van der Waals surface area contributed by atoms with Gasteiger partial charge in [0.15, 0.2) is 0 Å². The molecule has 0 saturated heterocycles. The highest BCUT2D eigenvalue weighted by atomic mass is 16.3. The van der Waals surface area contributed by atoms with Crippen molar-refractivity contribution in [3.8, 4) is 0 Å². The summed E-state index contributed by atoms with van der Waals surface area (Å²) >= 11 is 0. The number of aliphatic hydroxyl groups is 1. The molecule has 0 aromatic carbocycles.